The van der Waals surface area contributed by atoms with Crippen molar-refractivity contribution in [3.63, 3.8) is 0 Å². The lowest BCUT2D eigenvalue weighted by Gasteiger charge is -2.61. The Hall–Kier alpha value is -2.17. The topological polar surface area (TPSA) is 49.3 Å². The second-order valence-corrected chi connectivity index (χ2v) is 10.1. The van der Waals surface area contributed by atoms with Crippen molar-refractivity contribution >= 4 is 17.1 Å². The number of hydrogen-bond donors (Lipinski definition) is 0. The largest absolute Gasteiger partial charge is 0.325 e. The predicted octanol–water partition coefficient (Wildman–Crippen LogP) is 4.46. The standard InChI is InChI=1S/C24H32N4O/c1-16-15-25-19-12-17-13-21-23(2,3)24(4,18(17)14-20(19)26-16)8-11-28(21)22(29)27-9-6-5-7-10-27/h12,14-15,21H,5-11,13H2,1-4H3/t21-,24-/m0/s1. The number of rotatable bonds is 0. The third-order valence-corrected chi connectivity index (χ3v) is 8.25. The van der Waals surface area contributed by atoms with Crippen molar-refractivity contribution in [1.29, 1.82) is 0 Å². The first-order valence-electron chi connectivity index (χ1n) is 11.1. The molecule has 2 fully saturated rings. The van der Waals surface area contributed by atoms with Gasteiger partial charge in [-0.2, -0.15) is 0 Å². The Kier molecular flexibility index (Phi) is 4.17. The van der Waals surface area contributed by atoms with Crippen molar-refractivity contribution < 1.29 is 4.79 Å². The Morgan fingerprint density at radius 2 is 1.83 bits per heavy atom. The molecule has 0 radical (unpaired) electrons. The molecule has 1 aromatic carbocycles. The number of fused-ring (bicyclic) bond motifs is 5. The number of carbonyl (C=O) groups is 1. The fourth-order valence-corrected chi connectivity index (χ4v) is 6.01. The van der Waals surface area contributed by atoms with Crippen LogP contribution in [0.15, 0.2) is 18.3 Å². The zero-order chi connectivity index (χ0) is 20.4. The summed E-state index contributed by atoms with van der Waals surface area (Å²) in [6.07, 6.45) is 7.27. The van der Waals surface area contributed by atoms with Gasteiger partial charge in [-0.15, -0.1) is 0 Å². The van der Waals surface area contributed by atoms with E-state index in [-0.39, 0.29) is 22.9 Å². The second kappa shape index (κ2) is 6.41. The highest BCUT2D eigenvalue weighted by molar-refractivity contribution is 5.79. The molecular formula is C24H32N4O. The minimum absolute atomic E-state index is 0.00856. The molecule has 2 saturated heterocycles. The molecule has 3 heterocycles. The van der Waals surface area contributed by atoms with Crippen LogP contribution < -0.4 is 0 Å². The molecule has 0 N–H and O–H groups in total. The summed E-state index contributed by atoms with van der Waals surface area (Å²) < 4.78 is 0. The van der Waals surface area contributed by atoms with Gasteiger partial charge in [0.05, 0.1) is 16.7 Å². The van der Waals surface area contributed by atoms with Crippen molar-refractivity contribution in [3.05, 3.63) is 35.2 Å². The predicted molar refractivity (Wildman–Crippen MR) is 115 cm³/mol. The molecule has 0 spiro atoms. The number of carbonyl (C=O) groups excluding carboxylic acids is 1. The fraction of sp³-hybridized carbons (Fsp3) is 0.625. The number of hydrogen-bond acceptors (Lipinski definition) is 3. The summed E-state index contributed by atoms with van der Waals surface area (Å²) in [7, 11) is 0. The Balaban J connectivity index is 1.57. The van der Waals surface area contributed by atoms with E-state index in [4.69, 9.17) is 4.98 Å². The molecule has 1 aromatic heterocycles. The van der Waals surface area contributed by atoms with Crippen molar-refractivity contribution in [2.24, 2.45) is 5.41 Å². The lowest BCUT2D eigenvalue weighted by Crippen LogP contribution is -2.66. The van der Waals surface area contributed by atoms with Gasteiger partial charge in [0.25, 0.3) is 0 Å². The van der Waals surface area contributed by atoms with E-state index >= 15 is 0 Å². The molecule has 154 valence electrons. The van der Waals surface area contributed by atoms with Gasteiger partial charge in [0.2, 0.25) is 0 Å². The third kappa shape index (κ3) is 2.69. The summed E-state index contributed by atoms with van der Waals surface area (Å²) in [5, 5.41) is 0. The Bertz CT molecular complexity index is 978. The van der Waals surface area contributed by atoms with Gasteiger partial charge in [0.15, 0.2) is 0 Å². The van der Waals surface area contributed by atoms with E-state index in [2.05, 4.69) is 47.7 Å². The van der Waals surface area contributed by atoms with Gasteiger partial charge in [-0.05, 0) is 67.7 Å². The van der Waals surface area contributed by atoms with E-state index in [1.165, 1.54) is 17.5 Å². The number of piperidine rings is 2. The molecule has 5 nitrogen and oxygen atoms in total. The summed E-state index contributed by atoms with van der Waals surface area (Å²) in [6.45, 7) is 11.8. The molecule has 0 unspecified atom stereocenters. The molecule has 0 saturated carbocycles. The van der Waals surface area contributed by atoms with Crippen LogP contribution in [0.25, 0.3) is 11.0 Å². The molecule has 5 rings (SSSR count). The molecular weight excluding hydrogens is 360 g/mol. The maximum Gasteiger partial charge on any atom is 0.320 e. The third-order valence-electron chi connectivity index (χ3n) is 8.25. The SMILES string of the molecule is Cc1cnc2cc3c(cc2n1)[C@]1(C)CCN(C(=O)N2CCCCC2)[C@@H](C3)C1(C)C. The van der Waals surface area contributed by atoms with Gasteiger partial charge in [0, 0.05) is 37.3 Å². The van der Waals surface area contributed by atoms with Gasteiger partial charge in [-0.1, -0.05) is 20.8 Å². The van der Waals surface area contributed by atoms with E-state index < -0.39 is 0 Å². The molecule has 2 atom stereocenters. The molecule has 2 aliphatic heterocycles. The number of urea groups is 1. The smallest absolute Gasteiger partial charge is 0.320 e. The van der Waals surface area contributed by atoms with Crippen LogP contribution in [-0.4, -0.2) is 51.5 Å². The Morgan fingerprint density at radius 3 is 2.59 bits per heavy atom. The number of nitrogens with zero attached hydrogens (tertiary/aromatic N) is 4. The summed E-state index contributed by atoms with van der Waals surface area (Å²) in [5.41, 5.74) is 5.71. The summed E-state index contributed by atoms with van der Waals surface area (Å²) in [5.74, 6) is 0. The number of benzene rings is 1. The van der Waals surface area contributed by atoms with Crippen molar-refractivity contribution in [2.45, 2.75) is 71.3 Å². The first-order chi connectivity index (χ1) is 13.8. The minimum atomic E-state index is 0.00856. The summed E-state index contributed by atoms with van der Waals surface area (Å²) in [6, 6.07) is 4.99. The van der Waals surface area contributed by atoms with E-state index in [9.17, 15) is 4.79 Å². The van der Waals surface area contributed by atoms with E-state index in [0.29, 0.717) is 0 Å². The lowest BCUT2D eigenvalue weighted by atomic mass is 9.51. The maximum absolute atomic E-state index is 13.4. The van der Waals surface area contributed by atoms with Crippen molar-refractivity contribution in [1.82, 2.24) is 19.8 Å². The minimum Gasteiger partial charge on any atom is -0.325 e. The van der Waals surface area contributed by atoms with Crippen molar-refractivity contribution in [3.8, 4) is 0 Å². The van der Waals surface area contributed by atoms with Crippen LogP contribution >= 0.6 is 0 Å². The number of aromatic nitrogens is 2. The van der Waals surface area contributed by atoms with E-state index in [0.717, 1.165) is 62.0 Å². The van der Waals surface area contributed by atoms with Gasteiger partial charge in [-0.25, -0.2) is 9.78 Å². The number of aryl methyl sites for hydroxylation is 1. The van der Waals surface area contributed by atoms with Crippen LogP contribution in [-0.2, 0) is 11.8 Å². The van der Waals surface area contributed by atoms with Crippen LogP contribution in [0.1, 0.15) is 63.3 Å². The number of likely N-dealkylation sites (tertiary alicyclic amines) is 2. The highest BCUT2D eigenvalue weighted by Gasteiger charge is 2.57. The monoisotopic (exact) mass is 392 g/mol. The van der Waals surface area contributed by atoms with E-state index in [1.807, 2.05) is 13.1 Å². The lowest BCUT2D eigenvalue weighted by molar-refractivity contribution is -0.0241. The van der Waals surface area contributed by atoms with E-state index in [1.54, 1.807) is 0 Å². The second-order valence-electron chi connectivity index (χ2n) is 10.1. The zero-order valence-electron chi connectivity index (χ0n) is 18.2. The van der Waals surface area contributed by atoms with Crippen LogP contribution in [0, 0.1) is 12.3 Å². The molecule has 2 amide bonds. The van der Waals surface area contributed by atoms with Crippen LogP contribution in [0.5, 0.6) is 0 Å². The summed E-state index contributed by atoms with van der Waals surface area (Å²) >= 11 is 0. The molecule has 3 aliphatic rings. The van der Waals surface area contributed by atoms with Gasteiger partial charge in [-0.3, -0.25) is 4.98 Å². The fourth-order valence-electron chi connectivity index (χ4n) is 6.01. The quantitative estimate of drug-likeness (QED) is 0.665. The molecule has 2 aromatic rings. The highest BCUT2D eigenvalue weighted by Crippen LogP contribution is 2.56. The summed E-state index contributed by atoms with van der Waals surface area (Å²) in [4.78, 5) is 27.1. The van der Waals surface area contributed by atoms with Crippen LogP contribution in [0.2, 0.25) is 0 Å². The molecule has 2 bridgehead atoms. The van der Waals surface area contributed by atoms with Crippen LogP contribution in [0.3, 0.4) is 0 Å². The van der Waals surface area contributed by atoms with Gasteiger partial charge >= 0.3 is 6.03 Å². The molecule has 5 heteroatoms. The molecule has 29 heavy (non-hydrogen) atoms. The Labute approximate surface area is 173 Å². The van der Waals surface area contributed by atoms with Crippen molar-refractivity contribution in [2.75, 3.05) is 19.6 Å². The number of amides is 2. The first-order valence-corrected chi connectivity index (χ1v) is 11.1. The first kappa shape index (κ1) is 18.8. The van der Waals surface area contributed by atoms with Gasteiger partial charge < -0.3 is 9.80 Å². The normalized spacial score (nSPS) is 28.3. The maximum atomic E-state index is 13.4. The zero-order valence-corrected chi connectivity index (χ0v) is 18.2. The average Bonchev–Trinajstić information content (AvgIpc) is 2.70. The average molecular weight is 393 g/mol. The van der Waals surface area contributed by atoms with Crippen LogP contribution in [0.4, 0.5) is 4.79 Å². The molecule has 1 aliphatic carbocycles. The van der Waals surface area contributed by atoms with Gasteiger partial charge in [0.1, 0.15) is 0 Å². The highest BCUT2D eigenvalue weighted by atomic mass is 16.2. The Morgan fingerprint density at radius 1 is 1.07 bits per heavy atom.